The average Bonchev–Trinajstić information content (AvgIpc) is 3.45. The molecule has 2 aliphatic heterocycles. The van der Waals surface area contributed by atoms with E-state index in [-0.39, 0.29) is 12.1 Å². The maximum Gasteiger partial charge on any atom is 0.170 e. The van der Waals surface area contributed by atoms with Crippen LogP contribution in [0.25, 0.3) is 5.69 Å². The van der Waals surface area contributed by atoms with Gasteiger partial charge in [0.1, 0.15) is 0 Å². The fraction of sp³-hybridized carbons (Fsp3) is 0.484. The van der Waals surface area contributed by atoms with E-state index in [4.69, 9.17) is 21.9 Å². The highest BCUT2D eigenvalue weighted by atomic mass is 32.1. The monoisotopic (exact) mass is 546 g/mol. The Balaban J connectivity index is 1.45. The zero-order valence-corrected chi connectivity index (χ0v) is 24.6. The summed E-state index contributed by atoms with van der Waals surface area (Å²) in [5.74, 6) is 0. The minimum absolute atomic E-state index is 0.000999. The van der Waals surface area contributed by atoms with Gasteiger partial charge in [0, 0.05) is 68.2 Å². The fourth-order valence-electron chi connectivity index (χ4n) is 6.16. The first-order chi connectivity index (χ1) is 19.0. The maximum atomic E-state index is 5.94. The molecule has 2 aromatic heterocycles. The quantitative estimate of drug-likeness (QED) is 0.358. The van der Waals surface area contributed by atoms with Gasteiger partial charge in [-0.25, -0.2) is 0 Å². The SMILES string of the molecule is CCN(CC)c1ccc(-n2c(C)cc(C3C(c4ccccn4)NC(=S)N3CCCN3CCOCC3)c2C)cc1. The highest BCUT2D eigenvalue weighted by molar-refractivity contribution is 7.80. The van der Waals surface area contributed by atoms with Crippen LogP contribution in [0.2, 0.25) is 0 Å². The largest absolute Gasteiger partial charge is 0.379 e. The number of aromatic nitrogens is 2. The van der Waals surface area contributed by atoms with Crippen LogP contribution < -0.4 is 10.2 Å². The van der Waals surface area contributed by atoms with Gasteiger partial charge in [-0.15, -0.1) is 0 Å². The topological polar surface area (TPSA) is 48.8 Å². The molecule has 2 fully saturated rings. The third-order valence-electron chi connectivity index (χ3n) is 8.20. The van der Waals surface area contributed by atoms with Crippen molar-refractivity contribution in [1.29, 1.82) is 0 Å². The molecule has 2 unspecified atom stereocenters. The lowest BCUT2D eigenvalue weighted by Crippen LogP contribution is -2.39. The lowest BCUT2D eigenvalue weighted by Gasteiger charge is -2.30. The molecular weight excluding hydrogens is 504 g/mol. The van der Waals surface area contributed by atoms with Crippen molar-refractivity contribution in [1.82, 2.24) is 24.7 Å². The van der Waals surface area contributed by atoms with E-state index in [0.717, 1.165) is 69.7 Å². The van der Waals surface area contributed by atoms with Gasteiger partial charge in [0.25, 0.3) is 0 Å². The molecule has 0 spiro atoms. The van der Waals surface area contributed by atoms with Crippen molar-refractivity contribution >= 4 is 23.0 Å². The molecule has 0 bridgehead atoms. The Morgan fingerprint density at radius 1 is 1.03 bits per heavy atom. The van der Waals surface area contributed by atoms with Gasteiger partial charge in [0.15, 0.2) is 5.11 Å². The van der Waals surface area contributed by atoms with Gasteiger partial charge < -0.3 is 24.4 Å². The number of anilines is 1. The predicted molar refractivity (Wildman–Crippen MR) is 163 cm³/mol. The van der Waals surface area contributed by atoms with Crippen LogP contribution in [0.15, 0.2) is 54.7 Å². The standard InChI is InChI=1S/C31H42N6OS/c1-5-35(6-2)25-11-13-26(14-12-25)37-23(3)22-27(24(37)4)30-29(28-10-7-8-15-32-28)33-31(39)36(30)17-9-16-34-18-20-38-21-19-34/h7-8,10-15,22,29-30H,5-6,9,16-21H2,1-4H3,(H,33,39). The minimum Gasteiger partial charge on any atom is -0.379 e. The van der Waals surface area contributed by atoms with E-state index in [1.165, 1.54) is 28.3 Å². The molecule has 0 saturated carbocycles. The van der Waals surface area contributed by atoms with Crippen LogP contribution in [0.4, 0.5) is 5.69 Å². The van der Waals surface area contributed by atoms with Gasteiger partial charge in [0.2, 0.25) is 0 Å². The number of rotatable bonds is 10. The molecule has 3 aromatic rings. The third-order valence-corrected chi connectivity index (χ3v) is 8.55. The molecule has 2 saturated heterocycles. The van der Waals surface area contributed by atoms with E-state index in [0.29, 0.717) is 0 Å². The van der Waals surface area contributed by atoms with Gasteiger partial charge in [0.05, 0.1) is 31.0 Å². The van der Waals surface area contributed by atoms with E-state index in [9.17, 15) is 0 Å². The third kappa shape index (κ3) is 5.83. The highest BCUT2D eigenvalue weighted by Crippen LogP contribution is 2.41. The molecular formula is C31H42N6OS. The van der Waals surface area contributed by atoms with E-state index >= 15 is 0 Å². The number of nitrogens with one attached hydrogen (secondary N) is 1. The first kappa shape index (κ1) is 27.6. The molecule has 1 aromatic carbocycles. The number of thiocarbonyl (C=S) groups is 1. The number of hydrogen-bond donors (Lipinski definition) is 1. The zero-order chi connectivity index (χ0) is 27.4. The average molecular weight is 547 g/mol. The molecule has 7 nitrogen and oxygen atoms in total. The second-order valence-corrected chi connectivity index (χ2v) is 10.9. The van der Waals surface area contributed by atoms with Gasteiger partial charge in [-0.05, 0) is 94.4 Å². The molecule has 0 radical (unpaired) electrons. The van der Waals surface area contributed by atoms with Crippen molar-refractivity contribution in [3.8, 4) is 5.69 Å². The molecule has 208 valence electrons. The smallest absolute Gasteiger partial charge is 0.170 e. The van der Waals surface area contributed by atoms with Crippen LogP contribution >= 0.6 is 12.2 Å². The molecule has 4 heterocycles. The Morgan fingerprint density at radius 3 is 2.44 bits per heavy atom. The summed E-state index contributed by atoms with van der Waals surface area (Å²) in [7, 11) is 0. The number of ether oxygens (including phenoxy) is 1. The van der Waals surface area contributed by atoms with Crippen LogP contribution in [0, 0.1) is 13.8 Å². The van der Waals surface area contributed by atoms with Crippen molar-refractivity contribution in [3.63, 3.8) is 0 Å². The molecule has 0 aliphatic carbocycles. The summed E-state index contributed by atoms with van der Waals surface area (Å²) in [5.41, 5.74) is 7.25. The van der Waals surface area contributed by atoms with Gasteiger partial charge >= 0.3 is 0 Å². The summed E-state index contributed by atoms with van der Waals surface area (Å²) in [4.78, 5) is 12.0. The number of benzene rings is 1. The normalized spacial score (nSPS) is 19.9. The Labute approximate surface area is 238 Å². The van der Waals surface area contributed by atoms with Crippen LogP contribution in [-0.2, 0) is 4.74 Å². The molecule has 2 atom stereocenters. The Bertz CT molecular complexity index is 1230. The molecule has 8 heteroatoms. The summed E-state index contributed by atoms with van der Waals surface area (Å²) < 4.78 is 7.91. The molecule has 0 amide bonds. The number of hydrogen-bond acceptors (Lipinski definition) is 5. The number of pyridine rings is 1. The summed E-state index contributed by atoms with van der Waals surface area (Å²) >= 11 is 5.94. The number of aryl methyl sites for hydroxylation is 1. The highest BCUT2D eigenvalue weighted by Gasteiger charge is 2.41. The summed E-state index contributed by atoms with van der Waals surface area (Å²) in [6, 6.07) is 17.5. The van der Waals surface area contributed by atoms with E-state index in [2.05, 4.69) is 94.7 Å². The number of nitrogens with zero attached hydrogens (tertiary/aromatic N) is 5. The summed E-state index contributed by atoms with van der Waals surface area (Å²) in [6.45, 7) is 16.5. The second kappa shape index (κ2) is 12.5. The predicted octanol–water partition coefficient (Wildman–Crippen LogP) is 5.03. The summed E-state index contributed by atoms with van der Waals surface area (Å²) in [5, 5.41) is 4.44. The lowest BCUT2D eigenvalue weighted by molar-refractivity contribution is 0.0365. The van der Waals surface area contributed by atoms with Crippen molar-refractivity contribution in [2.45, 2.75) is 46.2 Å². The van der Waals surface area contributed by atoms with Gasteiger partial charge in [-0.3, -0.25) is 9.88 Å². The Morgan fingerprint density at radius 2 is 1.77 bits per heavy atom. The molecule has 1 N–H and O–H groups in total. The summed E-state index contributed by atoms with van der Waals surface area (Å²) in [6.07, 6.45) is 2.93. The first-order valence-electron chi connectivity index (χ1n) is 14.3. The molecule has 5 rings (SSSR count). The van der Waals surface area contributed by atoms with Crippen molar-refractivity contribution in [2.75, 3.05) is 57.4 Å². The Kier molecular flexibility index (Phi) is 8.85. The van der Waals surface area contributed by atoms with E-state index < -0.39 is 0 Å². The number of morpholine rings is 1. The van der Waals surface area contributed by atoms with Crippen LogP contribution in [0.5, 0.6) is 0 Å². The molecule has 2 aliphatic rings. The van der Waals surface area contributed by atoms with Crippen molar-refractivity contribution in [3.05, 3.63) is 77.4 Å². The van der Waals surface area contributed by atoms with E-state index in [1.807, 2.05) is 12.3 Å². The Hall–Kier alpha value is -2.94. The van der Waals surface area contributed by atoms with Crippen molar-refractivity contribution in [2.24, 2.45) is 0 Å². The lowest BCUT2D eigenvalue weighted by atomic mass is 9.96. The van der Waals surface area contributed by atoms with Crippen molar-refractivity contribution < 1.29 is 4.74 Å². The fourth-order valence-corrected chi connectivity index (χ4v) is 6.49. The second-order valence-electron chi connectivity index (χ2n) is 10.5. The van der Waals surface area contributed by atoms with Crippen LogP contribution in [-0.4, -0.2) is 76.9 Å². The van der Waals surface area contributed by atoms with Gasteiger partial charge in [-0.1, -0.05) is 6.07 Å². The van der Waals surface area contributed by atoms with Crippen LogP contribution in [0.1, 0.15) is 55.0 Å². The first-order valence-corrected chi connectivity index (χ1v) is 14.7. The van der Waals surface area contributed by atoms with Crippen LogP contribution in [0.3, 0.4) is 0 Å². The molecule has 39 heavy (non-hydrogen) atoms. The maximum absolute atomic E-state index is 5.94. The van der Waals surface area contributed by atoms with E-state index in [1.54, 1.807) is 0 Å². The zero-order valence-electron chi connectivity index (χ0n) is 23.8. The minimum atomic E-state index is 0.000999. The van der Waals surface area contributed by atoms with Gasteiger partial charge in [-0.2, -0.15) is 0 Å².